The smallest absolute Gasteiger partial charge is 0.418 e. The van der Waals surface area contributed by atoms with Gasteiger partial charge >= 0.3 is 12.3 Å². The Hall–Kier alpha value is -2.77. The summed E-state index contributed by atoms with van der Waals surface area (Å²) in [5.74, 6) is -0.455. The van der Waals surface area contributed by atoms with Gasteiger partial charge in [0.05, 0.1) is 17.9 Å². The van der Waals surface area contributed by atoms with Crippen LogP contribution in [0.3, 0.4) is 0 Å². The lowest BCUT2D eigenvalue weighted by molar-refractivity contribution is -0.137. The van der Waals surface area contributed by atoms with Crippen molar-refractivity contribution in [2.45, 2.75) is 19.7 Å². The van der Waals surface area contributed by atoms with Gasteiger partial charge in [-0.3, -0.25) is 5.32 Å². The molecule has 1 amide bonds. The van der Waals surface area contributed by atoms with E-state index in [1.54, 1.807) is 0 Å². The van der Waals surface area contributed by atoms with Crippen molar-refractivity contribution in [1.29, 1.82) is 0 Å². The van der Waals surface area contributed by atoms with Crippen LogP contribution >= 0.6 is 0 Å². The molecular formula is C17H15F4NO3. The number of carbonyl (C=O) groups is 1. The molecule has 2 rings (SSSR count). The Morgan fingerprint density at radius 2 is 1.80 bits per heavy atom. The van der Waals surface area contributed by atoms with Crippen molar-refractivity contribution in [2.24, 2.45) is 0 Å². The van der Waals surface area contributed by atoms with E-state index in [-0.39, 0.29) is 19.0 Å². The number of ether oxygens (including phenoxy) is 2. The minimum Gasteiger partial charge on any atom is -0.489 e. The second-order valence-electron chi connectivity index (χ2n) is 4.97. The lowest BCUT2D eigenvalue weighted by atomic mass is 10.1. The molecule has 0 heterocycles. The van der Waals surface area contributed by atoms with Gasteiger partial charge in [-0.05, 0) is 42.8 Å². The Bertz CT molecular complexity index is 730. The highest BCUT2D eigenvalue weighted by Gasteiger charge is 2.34. The third kappa shape index (κ3) is 5.37. The number of amides is 1. The van der Waals surface area contributed by atoms with Crippen molar-refractivity contribution in [3.8, 4) is 5.75 Å². The van der Waals surface area contributed by atoms with Crippen LogP contribution in [0.15, 0.2) is 42.5 Å². The first-order valence-corrected chi connectivity index (χ1v) is 7.32. The maximum Gasteiger partial charge on any atom is 0.418 e. The molecule has 0 aromatic heterocycles. The standard InChI is InChI=1S/C17H15F4NO3/c1-2-24-16(23)22-15-8-7-13(9-14(15)17(19,20)21)25-10-11-3-5-12(18)6-4-11/h3-9H,2,10H2,1H3,(H,22,23). The summed E-state index contributed by atoms with van der Waals surface area (Å²) in [5, 5.41) is 2.05. The average Bonchev–Trinajstić information content (AvgIpc) is 2.54. The summed E-state index contributed by atoms with van der Waals surface area (Å²) in [6.45, 7) is 1.55. The highest BCUT2D eigenvalue weighted by atomic mass is 19.4. The quantitative estimate of drug-likeness (QED) is 0.767. The van der Waals surface area contributed by atoms with Crippen LogP contribution in [-0.4, -0.2) is 12.7 Å². The molecule has 2 aromatic rings. The fraction of sp³-hybridized carbons (Fsp3) is 0.235. The van der Waals surface area contributed by atoms with Gasteiger partial charge in [0.1, 0.15) is 18.2 Å². The maximum absolute atomic E-state index is 13.2. The van der Waals surface area contributed by atoms with Gasteiger partial charge in [0.25, 0.3) is 0 Å². The first kappa shape index (κ1) is 18.6. The number of carbonyl (C=O) groups excluding carboxylic acids is 1. The molecule has 8 heteroatoms. The maximum atomic E-state index is 13.2. The van der Waals surface area contributed by atoms with E-state index in [1.165, 1.54) is 37.3 Å². The predicted molar refractivity (Wildman–Crippen MR) is 82.8 cm³/mol. The van der Waals surface area contributed by atoms with Crippen LogP contribution in [0.1, 0.15) is 18.1 Å². The molecule has 0 spiro atoms. The number of hydrogen-bond acceptors (Lipinski definition) is 3. The third-order valence-corrected chi connectivity index (χ3v) is 3.13. The lowest BCUT2D eigenvalue weighted by Crippen LogP contribution is -2.17. The topological polar surface area (TPSA) is 47.6 Å². The molecule has 0 saturated carbocycles. The zero-order chi connectivity index (χ0) is 18.4. The molecule has 2 aromatic carbocycles. The summed E-state index contributed by atoms with van der Waals surface area (Å²) in [6.07, 6.45) is -5.67. The van der Waals surface area contributed by atoms with Crippen LogP contribution in [0.2, 0.25) is 0 Å². The zero-order valence-electron chi connectivity index (χ0n) is 13.2. The Kier molecular flexibility index (Phi) is 5.84. The van der Waals surface area contributed by atoms with Crippen molar-refractivity contribution < 1.29 is 31.8 Å². The SMILES string of the molecule is CCOC(=O)Nc1ccc(OCc2ccc(F)cc2)cc1C(F)(F)F. The van der Waals surface area contributed by atoms with Gasteiger partial charge in [0.2, 0.25) is 0 Å². The Morgan fingerprint density at radius 3 is 2.40 bits per heavy atom. The second-order valence-corrected chi connectivity index (χ2v) is 4.97. The highest BCUT2D eigenvalue weighted by molar-refractivity contribution is 5.86. The van der Waals surface area contributed by atoms with Gasteiger partial charge in [-0.1, -0.05) is 12.1 Å². The van der Waals surface area contributed by atoms with E-state index in [0.717, 1.165) is 12.1 Å². The molecule has 0 saturated heterocycles. The molecule has 0 aliphatic rings. The number of alkyl halides is 3. The van der Waals surface area contributed by atoms with Crippen LogP contribution in [0.5, 0.6) is 5.75 Å². The van der Waals surface area contributed by atoms with E-state index in [4.69, 9.17) is 4.74 Å². The average molecular weight is 357 g/mol. The lowest BCUT2D eigenvalue weighted by Gasteiger charge is -2.15. The Balaban J connectivity index is 2.17. The largest absolute Gasteiger partial charge is 0.489 e. The number of nitrogens with one attached hydrogen (secondary N) is 1. The molecule has 0 fully saturated rings. The van der Waals surface area contributed by atoms with Gasteiger partial charge < -0.3 is 9.47 Å². The molecule has 0 unspecified atom stereocenters. The van der Waals surface area contributed by atoms with Gasteiger partial charge in [-0.2, -0.15) is 13.2 Å². The summed E-state index contributed by atoms with van der Waals surface area (Å²) in [4.78, 5) is 11.4. The van der Waals surface area contributed by atoms with Crippen LogP contribution in [0, 0.1) is 5.82 Å². The van der Waals surface area contributed by atoms with Gasteiger partial charge in [-0.25, -0.2) is 9.18 Å². The Labute approximate surface area is 141 Å². The first-order valence-electron chi connectivity index (χ1n) is 7.32. The minimum absolute atomic E-state index is 0.0256. The fourth-order valence-electron chi connectivity index (χ4n) is 1.98. The fourth-order valence-corrected chi connectivity index (χ4v) is 1.98. The minimum atomic E-state index is -4.69. The number of hydrogen-bond donors (Lipinski definition) is 1. The number of rotatable bonds is 5. The van der Waals surface area contributed by atoms with Crippen LogP contribution in [-0.2, 0) is 17.5 Å². The van der Waals surface area contributed by atoms with Crippen LogP contribution < -0.4 is 10.1 Å². The first-order chi connectivity index (χ1) is 11.8. The normalized spacial score (nSPS) is 11.1. The molecule has 0 radical (unpaired) electrons. The molecule has 4 nitrogen and oxygen atoms in total. The van der Waals surface area contributed by atoms with Crippen LogP contribution in [0.4, 0.5) is 28.0 Å². The second kappa shape index (κ2) is 7.87. The van der Waals surface area contributed by atoms with E-state index in [0.29, 0.717) is 5.56 Å². The number of benzene rings is 2. The van der Waals surface area contributed by atoms with Gasteiger partial charge in [-0.15, -0.1) is 0 Å². The highest BCUT2D eigenvalue weighted by Crippen LogP contribution is 2.37. The molecule has 1 N–H and O–H groups in total. The van der Waals surface area contributed by atoms with Gasteiger partial charge in [0.15, 0.2) is 0 Å². The van der Waals surface area contributed by atoms with E-state index in [1.807, 2.05) is 5.32 Å². The van der Waals surface area contributed by atoms with Crippen molar-refractivity contribution in [2.75, 3.05) is 11.9 Å². The number of anilines is 1. The number of halogens is 4. The summed E-state index contributed by atoms with van der Waals surface area (Å²) < 4.78 is 62.3. The molecule has 0 bridgehead atoms. The zero-order valence-corrected chi connectivity index (χ0v) is 13.2. The monoisotopic (exact) mass is 357 g/mol. The Morgan fingerprint density at radius 1 is 1.12 bits per heavy atom. The van der Waals surface area contributed by atoms with E-state index in [9.17, 15) is 22.4 Å². The summed E-state index contributed by atoms with van der Waals surface area (Å²) in [5.41, 5.74) is -0.888. The van der Waals surface area contributed by atoms with Crippen molar-refractivity contribution in [1.82, 2.24) is 0 Å². The van der Waals surface area contributed by atoms with Crippen molar-refractivity contribution in [3.63, 3.8) is 0 Å². The molecule has 0 aliphatic carbocycles. The summed E-state index contributed by atoms with van der Waals surface area (Å²) in [6, 6.07) is 8.55. The third-order valence-electron chi connectivity index (χ3n) is 3.13. The predicted octanol–water partition coefficient (Wildman–Crippen LogP) is 4.99. The van der Waals surface area contributed by atoms with E-state index >= 15 is 0 Å². The summed E-state index contributed by atoms with van der Waals surface area (Å²) >= 11 is 0. The summed E-state index contributed by atoms with van der Waals surface area (Å²) in [7, 11) is 0. The molecule has 0 aliphatic heterocycles. The molecule has 25 heavy (non-hydrogen) atoms. The van der Waals surface area contributed by atoms with E-state index < -0.39 is 29.3 Å². The van der Waals surface area contributed by atoms with Gasteiger partial charge in [0, 0.05) is 0 Å². The molecule has 0 atom stereocenters. The van der Waals surface area contributed by atoms with E-state index in [2.05, 4.69) is 4.74 Å². The molecular weight excluding hydrogens is 342 g/mol. The van der Waals surface area contributed by atoms with Crippen molar-refractivity contribution >= 4 is 11.8 Å². The molecule has 134 valence electrons. The van der Waals surface area contributed by atoms with Crippen molar-refractivity contribution in [3.05, 3.63) is 59.4 Å². The van der Waals surface area contributed by atoms with Crippen LogP contribution in [0.25, 0.3) is 0 Å².